The maximum atomic E-state index is 13.0. The monoisotopic (exact) mass is 243 g/mol. The zero-order chi connectivity index (χ0) is 11.7. The van der Waals surface area contributed by atoms with Gasteiger partial charge < -0.3 is 5.11 Å². The van der Waals surface area contributed by atoms with Crippen molar-refractivity contribution < 1.29 is 26.5 Å². The van der Waals surface area contributed by atoms with Crippen molar-refractivity contribution in [3.05, 3.63) is 12.2 Å². The van der Waals surface area contributed by atoms with Crippen LogP contribution in [0.3, 0.4) is 0 Å². The fourth-order valence-electron chi connectivity index (χ4n) is 1.13. The van der Waals surface area contributed by atoms with Gasteiger partial charge in [0.2, 0.25) is 0 Å². The molecule has 1 aliphatic rings. The standard InChI is InChI=1S/C7H11F2NO4S/c1-5-2-7(8,9)4-14-15(12,13)10-6(5)3-11/h6,10-11H,1-4H2/t6-/m0/s1. The zero-order valence-electron chi connectivity index (χ0n) is 7.74. The number of halogens is 2. The highest BCUT2D eigenvalue weighted by Crippen LogP contribution is 2.27. The topological polar surface area (TPSA) is 75.6 Å². The highest BCUT2D eigenvalue weighted by Gasteiger charge is 2.37. The molecule has 0 saturated carbocycles. The quantitative estimate of drug-likeness (QED) is 0.625. The van der Waals surface area contributed by atoms with Crippen LogP contribution in [0.25, 0.3) is 0 Å². The first kappa shape index (κ1) is 12.5. The van der Waals surface area contributed by atoms with Gasteiger partial charge in [0.1, 0.15) is 6.61 Å². The lowest BCUT2D eigenvalue weighted by Gasteiger charge is -2.26. The Morgan fingerprint density at radius 2 is 2.27 bits per heavy atom. The first-order valence-electron chi connectivity index (χ1n) is 4.09. The molecule has 0 amide bonds. The van der Waals surface area contributed by atoms with Gasteiger partial charge in [-0.15, -0.1) is 0 Å². The maximum absolute atomic E-state index is 13.0. The fraction of sp³-hybridized carbons (Fsp3) is 0.714. The lowest BCUT2D eigenvalue weighted by Crippen LogP contribution is -2.45. The van der Waals surface area contributed by atoms with E-state index in [9.17, 15) is 17.2 Å². The second-order valence-corrected chi connectivity index (χ2v) is 4.64. The summed E-state index contributed by atoms with van der Waals surface area (Å²) in [5.74, 6) is -3.29. The molecule has 1 saturated heterocycles. The predicted octanol–water partition coefficient (Wildman–Crippen LogP) is -0.207. The van der Waals surface area contributed by atoms with Crippen LogP contribution in [0.2, 0.25) is 0 Å². The smallest absolute Gasteiger partial charge is 0.336 e. The SMILES string of the molecule is C=C1CC(F)(F)COS(=O)(=O)N[C@H]1CO. The molecule has 1 fully saturated rings. The summed E-state index contributed by atoms with van der Waals surface area (Å²) in [5.41, 5.74) is -0.0747. The second kappa shape index (κ2) is 4.12. The molecule has 0 aromatic carbocycles. The highest BCUT2D eigenvalue weighted by molar-refractivity contribution is 7.84. The minimum Gasteiger partial charge on any atom is -0.394 e. The Hall–Kier alpha value is -0.570. The van der Waals surface area contributed by atoms with Crippen LogP contribution >= 0.6 is 0 Å². The minimum absolute atomic E-state index is 0.0747. The molecule has 1 heterocycles. The van der Waals surface area contributed by atoms with Gasteiger partial charge in [0.05, 0.1) is 12.6 Å². The van der Waals surface area contributed by atoms with Gasteiger partial charge in [-0.25, -0.2) is 8.78 Å². The Labute approximate surface area is 86.0 Å². The van der Waals surface area contributed by atoms with Gasteiger partial charge >= 0.3 is 10.3 Å². The Kier molecular flexibility index (Phi) is 3.44. The Morgan fingerprint density at radius 1 is 1.67 bits per heavy atom. The summed E-state index contributed by atoms with van der Waals surface area (Å²) < 4.78 is 53.9. The molecule has 0 bridgehead atoms. The van der Waals surface area contributed by atoms with E-state index in [1.165, 1.54) is 0 Å². The molecule has 0 spiro atoms. The van der Waals surface area contributed by atoms with Crippen molar-refractivity contribution in [1.29, 1.82) is 0 Å². The van der Waals surface area contributed by atoms with Crippen molar-refractivity contribution in [2.24, 2.45) is 0 Å². The summed E-state index contributed by atoms with van der Waals surface area (Å²) in [6.07, 6.45) is -0.721. The van der Waals surface area contributed by atoms with Gasteiger partial charge in [0.15, 0.2) is 0 Å². The van der Waals surface area contributed by atoms with Crippen LogP contribution in [0.15, 0.2) is 12.2 Å². The Bertz CT molecular complexity index is 354. The number of rotatable bonds is 1. The molecule has 15 heavy (non-hydrogen) atoms. The van der Waals surface area contributed by atoms with Gasteiger partial charge in [-0.1, -0.05) is 12.2 Å². The molecule has 2 N–H and O–H groups in total. The number of nitrogens with one attached hydrogen (secondary N) is 1. The van der Waals surface area contributed by atoms with E-state index in [1.54, 1.807) is 0 Å². The van der Waals surface area contributed by atoms with Crippen LogP contribution in [0, 0.1) is 0 Å². The fourth-order valence-corrected chi connectivity index (χ4v) is 2.11. The third-order valence-electron chi connectivity index (χ3n) is 1.87. The number of alkyl halides is 2. The van der Waals surface area contributed by atoms with Crippen LogP contribution in [0.5, 0.6) is 0 Å². The van der Waals surface area contributed by atoms with Crippen molar-refractivity contribution in [2.75, 3.05) is 13.2 Å². The molecule has 8 heteroatoms. The van der Waals surface area contributed by atoms with Gasteiger partial charge in [0, 0.05) is 6.42 Å². The van der Waals surface area contributed by atoms with Crippen LogP contribution in [-0.4, -0.2) is 38.7 Å². The van der Waals surface area contributed by atoms with Gasteiger partial charge in [-0.3, -0.25) is 4.18 Å². The Balaban J connectivity index is 2.93. The second-order valence-electron chi connectivity index (χ2n) is 3.26. The lowest BCUT2D eigenvalue weighted by atomic mass is 10.0. The van der Waals surface area contributed by atoms with Crippen molar-refractivity contribution in [1.82, 2.24) is 4.72 Å². The molecule has 1 aliphatic heterocycles. The average Bonchev–Trinajstić information content (AvgIpc) is 2.09. The predicted molar refractivity (Wildman–Crippen MR) is 47.6 cm³/mol. The third-order valence-corrected chi connectivity index (χ3v) is 2.87. The molecule has 0 aromatic heterocycles. The summed E-state index contributed by atoms with van der Waals surface area (Å²) in [4.78, 5) is 0. The average molecular weight is 243 g/mol. The molecular weight excluding hydrogens is 232 g/mol. The van der Waals surface area contributed by atoms with E-state index in [4.69, 9.17) is 5.11 Å². The molecular formula is C7H11F2NO4S. The summed E-state index contributed by atoms with van der Waals surface area (Å²) in [6, 6.07) is -1.14. The summed E-state index contributed by atoms with van der Waals surface area (Å²) in [6.45, 7) is 1.44. The van der Waals surface area contributed by atoms with E-state index in [0.717, 1.165) is 0 Å². The summed E-state index contributed by atoms with van der Waals surface area (Å²) >= 11 is 0. The minimum atomic E-state index is -4.26. The largest absolute Gasteiger partial charge is 0.394 e. The first-order chi connectivity index (χ1) is 6.76. The first-order valence-corrected chi connectivity index (χ1v) is 5.50. The molecule has 1 rings (SSSR count). The molecule has 0 unspecified atom stereocenters. The van der Waals surface area contributed by atoms with Crippen LogP contribution in [0.1, 0.15) is 6.42 Å². The van der Waals surface area contributed by atoms with Crippen molar-refractivity contribution in [3.8, 4) is 0 Å². The normalized spacial score (nSPS) is 30.6. The van der Waals surface area contributed by atoms with Gasteiger partial charge in [-0.05, 0) is 0 Å². The number of aliphatic hydroxyl groups is 1. The maximum Gasteiger partial charge on any atom is 0.336 e. The van der Waals surface area contributed by atoms with Gasteiger partial charge in [0.25, 0.3) is 5.92 Å². The van der Waals surface area contributed by atoms with Crippen molar-refractivity contribution in [2.45, 2.75) is 18.4 Å². The van der Waals surface area contributed by atoms with Crippen molar-refractivity contribution in [3.63, 3.8) is 0 Å². The molecule has 1 atom stereocenters. The molecule has 5 nitrogen and oxygen atoms in total. The van der Waals surface area contributed by atoms with Gasteiger partial charge in [-0.2, -0.15) is 13.1 Å². The van der Waals surface area contributed by atoms with E-state index >= 15 is 0 Å². The van der Waals surface area contributed by atoms with Crippen LogP contribution in [0.4, 0.5) is 8.78 Å². The van der Waals surface area contributed by atoms with Crippen molar-refractivity contribution >= 4 is 10.3 Å². The number of hydrogen-bond donors (Lipinski definition) is 2. The van der Waals surface area contributed by atoms with E-state index in [1.807, 2.05) is 4.72 Å². The van der Waals surface area contributed by atoms with E-state index in [-0.39, 0.29) is 5.57 Å². The number of aliphatic hydroxyl groups excluding tert-OH is 1. The number of hydrogen-bond acceptors (Lipinski definition) is 4. The summed E-state index contributed by atoms with van der Waals surface area (Å²) in [7, 11) is -4.26. The van der Waals surface area contributed by atoms with E-state index in [2.05, 4.69) is 10.8 Å². The Morgan fingerprint density at radius 3 is 2.80 bits per heavy atom. The van der Waals surface area contributed by atoms with Crippen LogP contribution < -0.4 is 4.72 Å². The van der Waals surface area contributed by atoms with E-state index in [0.29, 0.717) is 0 Å². The van der Waals surface area contributed by atoms with Crippen LogP contribution in [-0.2, 0) is 14.5 Å². The highest BCUT2D eigenvalue weighted by atomic mass is 32.2. The summed E-state index contributed by atoms with van der Waals surface area (Å²) in [5, 5.41) is 8.79. The molecule has 0 aliphatic carbocycles. The lowest BCUT2D eigenvalue weighted by molar-refractivity contribution is -0.0427. The molecule has 88 valence electrons. The van der Waals surface area contributed by atoms with E-state index < -0.39 is 41.9 Å². The molecule has 0 aromatic rings. The zero-order valence-corrected chi connectivity index (χ0v) is 8.56. The third kappa shape index (κ3) is 3.49. The molecule has 0 radical (unpaired) electrons.